The number of furan rings is 1. The minimum Gasteiger partial charge on any atom is -0.507 e. The summed E-state index contributed by atoms with van der Waals surface area (Å²) < 4.78 is 18.5. The molecule has 5 nitrogen and oxygen atoms in total. The van der Waals surface area contributed by atoms with Crippen molar-refractivity contribution in [1.29, 1.82) is 0 Å². The molecule has 0 radical (unpaired) electrons. The summed E-state index contributed by atoms with van der Waals surface area (Å²) >= 11 is 1.38. The Morgan fingerprint density at radius 3 is 2.56 bits per heavy atom. The van der Waals surface area contributed by atoms with Crippen LogP contribution in [0, 0.1) is 5.82 Å². The fourth-order valence-electron chi connectivity index (χ4n) is 3.12. The Hall–Kier alpha value is -3.19. The van der Waals surface area contributed by atoms with Gasteiger partial charge in [-0.3, -0.25) is 9.59 Å². The second-order valence-electron chi connectivity index (χ2n) is 6.03. The van der Waals surface area contributed by atoms with Gasteiger partial charge in [-0.05, 0) is 47.8 Å². The van der Waals surface area contributed by atoms with Gasteiger partial charge in [-0.15, -0.1) is 11.3 Å². The zero-order valence-electron chi connectivity index (χ0n) is 14.0. The third kappa shape index (κ3) is 3.06. The number of rotatable bonds is 4. The second kappa shape index (κ2) is 6.85. The number of nitrogens with zero attached hydrogens (tertiary/aromatic N) is 1. The number of aliphatic hydroxyl groups is 1. The number of ketones is 1. The van der Waals surface area contributed by atoms with E-state index in [0.717, 1.165) is 4.88 Å². The largest absolute Gasteiger partial charge is 0.507 e. The molecule has 3 aromatic rings. The molecule has 1 amide bonds. The number of thiophene rings is 1. The molecule has 3 heterocycles. The number of benzene rings is 1. The van der Waals surface area contributed by atoms with Crippen LogP contribution in [0.15, 0.2) is 70.2 Å². The number of hydrogen-bond donors (Lipinski definition) is 1. The van der Waals surface area contributed by atoms with Crippen LogP contribution < -0.4 is 0 Å². The van der Waals surface area contributed by atoms with Gasteiger partial charge in [0, 0.05) is 10.4 Å². The molecule has 1 atom stereocenters. The lowest BCUT2D eigenvalue weighted by Gasteiger charge is -2.23. The van der Waals surface area contributed by atoms with Gasteiger partial charge in [-0.25, -0.2) is 4.39 Å². The fourth-order valence-corrected chi connectivity index (χ4v) is 3.96. The highest BCUT2D eigenvalue weighted by Gasteiger charge is 2.46. The van der Waals surface area contributed by atoms with E-state index in [9.17, 15) is 19.1 Å². The molecule has 4 rings (SSSR count). The number of amides is 1. The van der Waals surface area contributed by atoms with Crippen molar-refractivity contribution in [2.45, 2.75) is 12.6 Å². The van der Waals surface area contributed by atoms with Crippen molar-refractivity contribution in [2.24, 2.45) is 0 Å². The molecular weight excluding hydrogens is 369 g/mol. The van der Waals surface area contributed by atoms with E-state index in [1.807, 2.05) is 11.4 Å². The Kier molecular flexibility index (Phi) is 4.37. The molecule has 7 heteroatoms. The molecule has 1 N–H and O–H groups in total. The van der Waals surface area contributed by atoms with Gasteiger partial charge >= 0.3 is 0 Å². The highest BCUT2D eigenvalue weighted by molar-refractivity contribution is 7.10. The van der Waals surface area contributed by atoms with Gasteiger partial charge in [0.2, 0.25) is 0 Å². The highest BCUT2D eigenvalue weighted by atomic mass is 32.1. The zero-order chi connectivity index (χ0) is 19.0. The van der Waals surface area contributed by atoms with Crippen molar-refractivity contribution in [3.05, 3.63) is 87.8 Å². The fraction of sp³-hybridized carbons (Fsp3) is 0.100. The number of likely N-dealkylation sites (tertiary alicyclic amines) is 1. The number of Topliss-reactive ketones (excluding diaryl/α,β-unsaturated/α-hetero) is 1. The van der Waals surface area contributed by atoms with Crippen LogP contribution in [-0.4, -0.2) is 21.7 Å². The molecule has 2 aromatic heterocycles. The van der Waals surface area contributed by atoms with E-state index in [0.29, 0.717) is 5.76 Å². The number of halogens is 1. The maximum atomic E-state index is 13.2. The van der Waals surface area contributed by atoms with Gasteiger partial charge in [-0.1, -0.05) is 6.07 Å². The molecule has 1 aliphatic heterocycles. The van der Waals surface area contributed by atoms with Crippen molar-refractivity contribution in [2.75, 3.05) is 0 Å². The van der Waals surface area contributed by atoms with Crippen LogP contribution in [0.2, 0.25) is 0 Å². The maximum absolute atomic E-state index is 13.2. The number of carbonyl (C=O) groups is 2. The third-order valence-corrected chi connectivity index (χ3v) is 5.30. The summed E-state index contributed by atoms with van der Waals surface area (Å²) in [5, 5.41) is 12.6. The molecule has 1 fully saturated rings. The minimum atomic E-state index is -0.776. The Bertz CT molecular complexity index is 1010. The summed E-state index contributed by atoms with van der Waals surface area (Å²) in [5.74, 6) is -1.75. The average Bonchev–Trinajstić information content (AvgIpc) is 3.40. The van der Waals surface area contributed by atoms with Crippen LogP contribution in [0.4, 0.5) is 4.39 Å². The molecule has 136 valence electrons. The van der Waals surface area contributed by atoms with Crippen LogP contribution in [-0.2, 0) is 16.1 Å². The first-order valence-electron chi connectivity index (χ1n) is 8.16. The zero-order valence-corrected chi connectivity index (χ0v) is 14.8. The van der Waals surface area contributed by atoms with E-state index in [1.165, 1.54) is 46.8 Å². The predicted octanol–water partition coefficient (Wildman–Crippen LogP) is 4.10. The Labute approximate surface area is 158 Å². The van der Waals surface area contributed by atoms with Gasteiger partial charge < -0.3 is 14.4 Å². The van der Waals surface area contributed by atoms with Crippen LogP contribution in [0.25, 0.3) is 5.76 Å². The van der Waals surface area contributed by atoms with Crippen molar-refractivity contribution < 1.29 is 23.5 Å². The maximum Gasteiger partial charge on any atom is 0.296 e. The molecule has 0 saturated carbocycles. The lowest BCUT2D eigenvalue weighted by molar-refractivity contribution is -0.140. The SMILES string of the molecule is O=C1C(=O)N(Cc2ccco2)C(c2cccs2)C1=C(O)c1ccc(F)cc1. The molecule has 0 bridgehead atoms. The van der Waals surface area contributed by atoms with E-state index < -0.39 is 23.5 Å². The molecule has 0 aliphatic carbocycles. The van der Waals surface area contributed by atoms with Gasteiger partial charge in [0.05, 0.1) is 18.4 Å². The molecule has 1 aromatic carbocycles. The molecule has 27 heavy (non-hydrogen) atoms. The number of carbonyl (C=O) groups excluding carboxylic acids is 2. The van der Waals surface area contributed by atoms with E-state index >= 15 is 0 Å². The van der Waals surface area contributed by atoms with Crippen LogP contribution in [0.3, 0.4) is 0 Å². The van der Waals surface area contributed by atoms with Crippen LogP contribution in [0.5, 0.6) is 0 Å². The Morgan fingerprint density at radius 1 is 1.15 bits per heavy atom. The first-order chi connectivity index (χ1) is 13.1. The summed E-state index contributed by atoms with van der Waals surface area (Å²) in [5.41, 5.74) is 0.259. The molecular formula is C20H14FNO4S. The summed E-state index contributed by atoms with van der Waals surface area (Å²) in [6, 6.07) is 11.4. The molecule has 0 spiro atoms. The van der Waals surface area contributed by atoms with E-state index in [4.69, 9.17) is 4.42 Å². The molecule has 1 saturated heterocycles. The first kappa shape index (κ1) is 17.2. The van der Waals surface area contributed by atoms with E-state index in [1.54, 1.807) is 18.2 Å². The van der Waals surface area contributed by atoms with Gasteiger partial charge in [0.15, 0.2) is 0 Å². The quantitative estimate of drug-likeness (QED) is 0.418. The van der Waals surface area contributed by atoms with Crippen LogP contribution >= 0.6 is 11.3 Å². The van der Waals surface area contributed by atoms with E-state index in [-0.39, 0.29) is 23.4 Å². The topological polar surface area (TPSA) is 70.8 Å². The lowest BCUT2D eigenvalue weighted by atomic mass is 10.00. The lowest BCUT2D eigenvalue weighted by Crippen LogP contribution is -2.28. The molecule has 1 aliphatic rings. The minimum absolute atomic E-state index is 0.0133. The van der Waals surface area contributed by atoms with Gasteiger partial charge in [0.1, 0.15) is 23.4 Å². The standard InChI is InChI=1S/C20H14FNO4S/c21-13-7-5-12(6-8-13)18(23)16-17(15-4-2-10-27-15)22(20(25)19(16)24)11-14-3-1-9-26-14/h1-10,17,23H,11H2. The summed E-state index contributed by atoms with van der Waals surface area (Å²) in [7, 11) is 0. The number of aliphatic hydroxyl groups excluding tert-OH is 1. The smallest absolute Gasteiger partial charge is 0.296 e. The summed E-state index contributed by atoms with van der Waals surface area (Å²) in [4.78, 5) is 27.5. The average molecular weight is 383 g/mol. The van der Waals surface area contributed by atoms with Crippen molar-refractivity contribution in [3.8, 4) is 0 Å². The third-order valence-electron chi connectivity index (χ3n) is 4.38. The Morgan fingerprint density at radius 2 is 1.93 bits per heavy atom. The summed E-state index contributed by atoms with van der Waals surface area (Å²) in [6.45, 7) is 0.0976. The highest BCUT2D eigenvalue weighted by Crippen LogP contribution is 2.41. The van der Waals surface area contributed by atoms with Gasteiger partial charge in [-0.2, -0.15) is 0 Å². The van der Waals surface area contributed by atoms with Gasteiger partial charge in [0.25, 0.3) is 11.7 Å². The first-order valence-corrected chi connectivity index (χ1v) is 9.04. The van der Waals surface area contributed by atoms with Crippen molar-refractivity contribution >= 4 is 28.8 Å². The van der Waals surface area contributed by atoms with Crippen molar-refractivity contribution in [3.63, 3.8) is 0 Å². The normalized spacial score (nSPS) is 19.0. The molecule has 1 unspecified atom stereocenters. The second-order valence-corrected chi connectivity index (χ2v) is 7.01. The monoisotopic (exact) mass is 383 g/mol. The predicted molar refractivity (Wildman–Crippen MR) is 97.3 cm³/mol. The van der Waals surface area contributed by atoms with Crippen molar-refractivity contribution in [1.82, 2.24) is 4.90 Å². The number of hydrogen-bond acceptors (Lipinski definition) is 5. The van der Waals surface area contributed by atoms with E-state index in [2.05, 4.69) is 0 Å². The Balaban J connectivity index is 1.83. The van der Waals surface area contributed by atoms with Crippen LogP contribution in [0.1, 0.15) is 22.2 Å². The summed E-state index contributed by atoms with van der Waals surface area (Å²) in [6.07, 6.45) is 1.49.